The Morgan fingerprint density at radius 3 is 2.96 bits per heavy atom. The minimum atomic E-state index is -0.0640. The van der Waals surface area contributed by atoms with Gasteiger partial charge in [0.25, 0.3) is 5.91 Å². The van der Waals surface area contributed by atoms with Gasteiger partial charge in [-0.1, -0.05) is 43.1 Å². The number of carbonyl (C=O) groups is 1. The van der Waals surface area contributed by atoms with Gasteiger partial charge in [0, 0.05) is 24.1 Å². The van der Waals surface area contributed by atoms with Gasteiger partial charge in [0.05, 0.1) is 11.3 Å². The van der Waals surface area contributed by atoms with E-state index in [1.165, 1.54) is 24.6 Å². The second-order valence-corrected chi connectivity index (χ2v) is 6.91. The Hall–Kier alpha value is -1.82. The van der Waals surface area contributed by atoms with Gasteiger partial charge in [-0.05, 0) is 32.4 Å². The van der Waals surface area contributed by atoms with Crippen LogP contribution in [0.5, 0.6) is 0 Å². The number of nitrogens with one attached hydrogen (secondary N) is 1. The van der Waals surface area contributed by atoms with Gasteiger partial charge in [0.1, 0.15) is 10.8 Å². The quantitative estimate of drug-likeness (QED) is 0.539. The molecule has 2 aromatic heterocycles. The van der Waals surface area contributed by atoms with Crippen LogP contribution >= 0.6 is 11.8 Å². The SMILES string of the molecule is CCCCC[C@@H](C)NC(=O)c1cccnc1SCc1cc(C)on1. The van der Waals surface area contributed by atoms with Crippen molar-refractivity contribution in [1.82, 2.24) is 15.5 Å². The normalized spacial score (nSPS) is 12.1. The standard InChI is InChI=1S/C18H25N3O2S/c1-4-5-6-8-13(2)20-17(22)16-9-7-10-19-18(16)24-12-15-11-14(3)23-21-15/h7,9-11,13H,4-6,8,12H2,1-3H3,(H,20,22)/t13-/m1/s1. The van der Waals surface area contributed by atoms with E-state index in [1.807, 2.05) is 19.1 Å². The Labute approximate surface area is 147 Å². The molecular weight excluding hydrogens is 322 g/mol. The minimum Gasteiger partial charge on any atom is -0.361 e. The number of aryl methyl sites for hydroxylation is 1. The topological polar surface area (TPSA) is 68.0 Å². The van der Waals surface area contributed by atoms with Crippen LogP contribution in [0.4, 0.5) is 0 Å². The van der Waals surface area contributed by atoms with Crippen LogP contribution in [0.1, 0.15) is 61.3 Å². The van der Waals surface area contributed by atoms with Crippen molar-refractivity contribution in [3.8, 4) is 0 Å². The van der Waals surface area contributed by atoms with Crippen LogP contribution in [0.25, 0.3) is 0 Å². The lowest BCUT2D eigenvalue weighted by molar-refractivity contribution is 0.0934. The summed E-state index contributed by atoms with van der Waals surface area (Å²) in [6, 6.07) is 5.67. The summed E-state index contributed by atoms with van der Waals surface area (Å²) in [5.41, 5.74) is 1.47. The third-order valence-corrected chi connectivity index (χ3v) is 4.71. The highest BCUT2D eigenvalue weighted by Gasteiger charge is 2.15. The monoisotopic (exact) mass is 347 g/mol. The van der Waals surface area contributed by atoms with Gasteiger partial charge < -0.3 is 9.84 Å². The molecular formula is C18H25N3O2S. The van der Waals surface area contributed by atoms with Crippen molar-refractivity contribution in [3.63, 3.8) is 0 Å². The molecule has 0 unspecified atom stereocenters. The molecule has 0 aliphatic carbocycles. The average molecular weight is 347 g/mol. The van der Waals surface area contributed by atoms with Gasteiger partial charge in [0.2, 0.25) is 0 Å². The largest absolute Gasteiger partial charge is 0.361 e. The number of thioether (sulfide) groups is 1. The summed E-state index contributed by atoms with van der Waals surface area (Å²) < 4.78 is 5.07. The van der Waals surface area contributed by atoms with Gasteiger partial charge in [-0.15, -0.1) is 0 Å². The summed E-state index contributed by atoms with van der Waals surface area (Å²) in [5.74, 6) is 1.34. The van der Waals surface area contributed by atoms with Crippen molar-refractivity contribution >= 4 is 17.7 Å². The number of rotatable bonds is 9. The number of nitrogens with zero attached hydrogens (tertiary/aromatic N) is 2. The van der Waals surface area contributed by atoms with Crippen LogP contribution in [0, 0.1) is 6.92 Å². The van der Waals surface area contributed by atoms with Crippen LogP contribution in [-0.2, 0) is 5.75 Å². The summed E-state index contributed by atoms with van der Waals surface area (Å²) in [5, 5.41) is 7.76. The van der Waals surface area contributed by atoms with Gasteiger partial charge in [0.15, 0.2) is 0 Å². The molecule has 24 heavy (non-hydrogen) atoms. The molecule has 130 valence electrons. The fourth-order valence-electron chi connectivity index (χ4n) is 2.38. The molecule has 2 heterocycles. The van der Waals surface area contributed by atoms with Crippen molar-refractivity contribution in [1.29, 1.82) is 0 Å². The first kappa shape index (κ1) is 18.5. The maximum Gasteiger partial charge on any atom is 0.254 e. The zero-order chi connectivity index (χ0) is 17.4. The number of hydrogen-bond donors (Lipinski definition) is 1. The van der Waals surface area contributed by atoms with Crippen LogP contribution < -0.4 is 5.32 Å². The zero-order valence-electron chi connectivity index (χ0n) is 14.5. The number of unbranched alkanes of at least 4 members (excludes halogenated alkanes) is 2. The summed E-state index contributed by atoms with van der Waals surface area (Å²) in [6.07, 6.45) is 6.23. The van der Waals surface area contributed by atoms with Gasteiger partial charge >= 0.3 is 0 Å². The number of pyridine rings is 1. The minimum absolute atomic E-state index is 0.0640. The van der Waals surface area contributed by atoms with Crippen LogP contribution in [-0.4, -0.2) is 22.1 Å². The lowest BCUT2D eigenvalue weighted by Gasteiger charge is -2.14. The van der Waals surface area contributed by atoms with E-state index in [2.05, 4.69) is 29.3 Å². The molecule has 2 rings (SSSR count). The molecule has 0 aliphatic heterocycles. The molecule has 2 aromatic rings. The van der Waals surface area contributed by atoms with Crippen molar-refractivity contribution in [3.05, 3.63) is 41.4 Å². The van der Waals surface area contributed by atoms with Gasteiger partial charge in [-0.3, -0.25) is 4.79 Å². The number of hydrogen-bond acceptors (Lipinski definition) is 5. The van der Waals surface area contributed by atoms with E-state index in [4.69, 9.17) is 4.52 Å². The smallest absolute Gasteiger partial charge is 0.254 e. The molecule has 0 fully saturated rings. The fraction of sp³-hybridized carbons (Fsp3) is 0.500. The van der Waals surface area contributed by atoms with E-state index in [-0.39, 0.29) is 11.9 Å². The third kappa shape index (κ3) is 5.67. The molecule has 1 amide bonds. The van der Waals surface area contributed by atoms with E-state index in [1.54, 1.807) is 12.3 Å². The number of aromatic nitrogens is 2. The third-order valence-electron chi connectivity index (χ3n) is 3.67. The highest BCUT2D eigenvalue weighted by atomic mass is 32.2. The maximum atomic E-state index is 12.5. The van der Waals surface area contributed by atoms with Crippen molar-refractivity contribution < 1.29 is 9.32 Å². The van der Waals surface area contributed by atoms with Crippen molar-refractivity contribution in [2.75, 3.05) is 0 Å². The summed E-state index contributed by atoms with van der Waals surface area (Å²) >= 11 is 1.50. The average Bonchev–Trinajstić information content (AvgIpc) is 2.99. The Morgan fingerprint density at radius 1 is 1.42 bits per heavy atom. The molecule has 0 saturated carbocycles. The predicted octanol–water partition coefficient (Wildman–Crippen LogP) is 4.37. The summed E-state index contributed by atoms with van der Waals surface area (Å²) in [4.78, 5) is 16.9. The number of amides is 1. The highest BCUT2D eigenvalue weighted by molar-refractivity contribution is 7.98. The van der Waals surface area contributed by atoms with E-state index in [0.29, 0.717) is 11.3 Å². The molecule has 0 spiro atoms. The van der Waals surface area contributed by atoms with E-state index in [9.17, 15) is 4.79 Å². The molecule has 0 bridgehead atoms. The predicted molar refractivity (Wildman–Crippen MR) is 96.1 cm³/mol. The lowest BCUT2D eigenvalue weighted by atomic mass is 10.1. The summed E-state index contributed by atoms with van der Waals surface area (Å²) in [6.45, 7) is 6.09. The van der Waals surface area contributed by atoms with Crippen LogP contribution in [0.15, 0.2) is 33.9 Å². The maximum absolute atomic E-state index is 12.5. The van der Waals surface area contributed by atoms with E-state index in [0.717, 1.165) is 29.3 Å². The zero-order valence-corrected chi connectivity index (χ0v) is 15.4. The molecule has 6 heteroatoms. The van der Waals surface area contributed by atoms with Crippen LogP contribution in [0.3, 0.4) is 0 Å². The number of carbonyl (C=O) groups excluding carboxylic acids is 1. The van der Waals surface area contributed by atoms with Crippen molar-refractivity contribution in [2.45, 2.75) is 63.3 Å². The molecule has 0 radical (unpaired) electrons. The Bertz CT molecular complexity index is 657. The van der Waals surface area contributed by atoms with E-state index >= 15 is 0 Å². The second kappa shape index (κ2) is 9.47. The Morgan fingerprint density at radius 2 is 2.25 bits per heavy atom. The first-order chi connectivity index (χ1) is 11.6. The Kier molecular flexibility index (Phi) is 7.31. The molecule has 0 aromatic carbocycles. The second-order valence-electron chi connectivity index (χ2n) is 5.94. The molecule has 0 aliphatic rings. The first-order valence-electron chi connectivity index (χ1n) is 8.41. The van der Waals surface area contributed by atoms with Gasteiger partial charge in [-0.2, -0.15) is 0 Å². The fourth-order valence-corrected chi connectivity index (χ4v) is 3.25. The lowest BCUT2D eigenvalue weighted by Crippen LogP contribution is -2.32. The van der Waals surface area contributed by atoms with Crippen LogP contribution in [0.2, 0.25) is 0 Å². The molecule has 1 atom stereocenters. The first-order valence-corrected chi connectivity index (χ1v) is 9.39. The molecule has 5 nitrogen and oxygen atoms in total. The van der Waals surface area contributed by atoms with Crippen molar-refractivity contribution in [2.24, 2.45) is 0 Å². The van der Waals surface area contributed by atoms with E-state index < -0.39 is 0 Å². The van der Waals surface area contributed by atoms with Gasteiger partial charge in [-0.25, -0.2) is 4.98 Å². The highest BCUT2D eigenvalue weighted by Crippen LogP contribution is 2.24. The summed E-state index contributed by atoms with van der Waals surface area (Å²) in [7, 11) is 0. The molecule has 0 saturated heterocycles. The molecule has 1 N–H and O–H groups in total. The Balaban J connectivity index is 1.95.